The highest BCUT2D eigenvalue weighted by atomic mass is 35.5. The lowest BCUT2D eigenvalue weighted by Gasteiger charge is -2.15. The lowest BCUT2D eigenvalue weighted by atomic mass is 10.0. The van der Waals surface area contributed by atoms with Crippen molar-refractivity contribution in [3.8, 4) is 0 Å². The number of nitrogens with zero attached hydrogens (tertiary/aromatic N) is 2. The first-order chi connectivity index (χ1) is 15.5. The molecule has 0 atom stereocenters. The van der Waals surface area contributed by atoms with Crippen molar-refractivity contribution in [2.75, 3.05) is 24.2 Å². The van der Waals surface area contributed by atoms with Gasteiger partial charge in [0.25, 0.3) is 11.8 Å². The molecule has 0 spiro atoms. The summed E-state index contributed by atoms with van der Waals surface area (Å²) in [7, 11) is 1.58. The van der Waals surface area contributed by atoms with E-state index in [9.17, 15) is 9.59 Å². The van der Waals surface area contributed by atoms with Crippen molar-refractivity contribution in [1.29, 1.82) is 0 Å². The number of hydrogen-bond acceptors (Lipinski definition) is 6. The van der Waals surface area contributed by atoms with Gasteiger partial charge in [-0.1, -0.05) is 29.8 Å². The fourth-order valence-corrected chi connectivity index (χ4v) is 3.72. The Balaban J connectivity index is 1.63. The summed E-state index contributed by atoms with van der Waals surface area (Å²) >= 11 is 6.33. The SMILES string of the molecule is CNC(=O)c1cccc(C)c1Nc1nc(Nc2ccc3c(c2)C(=O)NCCC3)ncc1Cl. The molecule has 2 heterocycles. The zero-order chi connectivity index (χ0) is 22.7. The molecule has 0 bridgehead atoms. The van der Waals surface area contributed by atoms with Gasteiger partial charge in [-0.25, -0.2) is 4.98 Å². The Morgan fingerprint density at radius 3 is 2.84 bits per heavy atom. The molecule has 0 saturated carbocycles. The number of rotatable bonds is 5. The van der Waals surface area contributed by atoms with Gasteiger partial charge in [0.2, 0.25) is 5.95 Å². The summed E-state index contributed by atoms with van der Waals surface area (Å²) in [4.78, 5) is 33.3. The smallest absolute Gasteiger partial charge is 0.253 e. The van der Waals surface area contributed by atoms with Gasteiger partial charge in [0.1, 0.15) is 5.02 Å². The predicted octanol–water partition coefficient (Wildman–Crippen LogP) is 3.96. The Hall–Kier alpha value is -3.65. The van der Waals surface area contributed by atoms with Crippen molar-refractivity contribution in [2.24, 2.45) is 0 Å². The number of benzene rings is 2. The average Bonchev–Trinajstić information content (AvgIpc) is 2.98. The minimum absolute atomic E-state index is 0.0817. The number of fused-ring (bicyclic) bond motifs is 1. The van der Waals surface area contributed by atoms with E-state index in [0.29, 0.717) is 45.8 Å². The van der Waals surface area contributed by atoms with Crippen molar-refractivity contribution in [2.45, 2.75) is 19.8 Å². The third-order valence-electron chi connectivity index (χ3n) is 5.25. The first-order valence-electron chi connectivity index (χ1n) is 10.3. The highest BCUT2D eigenvalue weighted by molar-refractivity contribution is 6.33. The summed E-state index contributed by atoms with van der Waals surface area (Å²) < 4.78 is 0. The molecule has 1 aliphatic rings. The molecule has 164 valence electrons. The van der Waals surface area contributed by atoms with Gasteiger partial charge < -0.3 is 21.3 Å². The van der Waals surface area contributed by atoms with E-state index in [1.807, 2.05) is 31.2 Å². The summed E-state index contributed by atoms with van der Waals surface area (Å²) in [6.45, 7) is 2.56. The number of nitrogens with one attached hydrogen (secondary N) is 4. The Labute approximate surface area is 190 Å². The molecule has 32 heavy (non-hydrogen) atoms. The van der Waals surface area contributed by atoms with Gasteiger partial charge in [-0.3, -0.25) is 9.59 Å². The number of hydrogen-bond donors (Lipinski definition) is 4. The molecule has 8 nitrogen and oxygen atoms in total. The fraction of sp³-hybridized carbons (Fsp3) is 0.217. The van der Waals surface area contributed by atoms with E-state index in [2.05, 4.69) is 31.2 Å². The number of aromatic nitrogens is 2. The molecular weight excluding hydrogens is 428 g/mol. The van der Waals surface area contributed by atoms with Crippen LogP contribution in [0.25, 0.3) is 0 Å². The van der Waals surface area contributed by atoms with Crippen LogP contribution in [-0.2, 0) is 6.42 Å². The molecule has 0 aliphatic carbocycles. The Morgan fingerprint density at radius 1 is 1.19 bits per heavy atom. The molecule has 9 heteroatoms. The molecule has 0 fully saturated rings. The van der Waals surface area contributed by atoms with Gasteiger partial charge in [0, 0.05) is 24.8 Å². The lowest BCUT2D eigenvalue weighted by Crippen LogP contribution is -2.22. The number of halogens is 1. The Bertz CT molecular complexity index is 1200. The van der Waals surface area contributed by atoms with Crippen molar-refractivity contribution >= 4 is 46.6 Å². The first-order valence-corrected chi connectivity index (χ1v) is 10.6. The molecule has 1 aliphatic heterocycles. The van der Waals surface area contributed by atoms with E-state index >= 15 is 0 Å². The molecule has 4 N–H and O–H groups in total. The number of carbonyl (C=O) groups excluding carboxylic acids is 2. The summed E-state index contributed by atoms with van der Waals surface area (Å²) in [5.74, 6) is 0.363. The van der Waals surface area contributed by atoms with E-state index in [4.69, 9.17) is 11.6 Å². The van der Waals surface area contributed by atoms with Crippen LogP contribution in [0.15, 0.2) is 42.6 Å². The van der Waals surface area contributed by atoms with E-state index in [0.717, 1.165) is 24.0 Å². The molecule has 0 saturated heterocycles. The maximum Gasteiger partial charge on any atom is 0.253 e. The van der Waals surface area contributed by atoms with Gasteiger partial charge in [0.05, 0.1) is 17.4 Å². The second kappa shape index (κ2) is 9.23. The summed E-state index contributed by atoms with van der Waals surface area (Å²) in [6.07, 6.45) is 3.25. The van der Waals surface area contributed by atoms with Crippen molar-refractivity contribution in [3.63, 3.8) is 0 Å². The second-order valence-electron chi connectivity index (χ2n) is 7.45. The monoisotopic (exact) mass is 450 g/mol. The topological polar surface area (TPSA) is 108 Å². The van der Waals surface area contributed by atoms with E-state index in [1.165, 1.54) is 6.20 Å². The molecular formula is C23H23ClN6O2. The lowest BCUT2D eigenvalue weighted by molar-refractivity contribution is 0.0951. The largest absolute Gasteiger partial charge is 0.355 e. The van der Waals surface area contributed by atoms with Crippen LogP contribution in [-0.4, -0.2) is 35.4 Å². The van der Waals surface area contributed by atoms with Crippen LogP contribution in [0.4, 0.5) is 23.1 Å². The van der Waals surface area contributed by atoms with Gasteiger partial charge in [0.15, 0.2) is 5.82 Å². The molecule has 4 rings (SSSR count). The Morgan fingerprint density at radius 2 is 2.03 bits per heavy atom. The molecule has 0 unspecified atom stereocenters. The second-order valence-corrected chi connectivity index (χ2v) is 7.86. The van der Waals surface area contributed by atoms with Crippen LogP contribution in [0.5, 0.6) is 0 Å². The van der Waals surface area contributed by atoms with E-state index in [1.54, 1.807) is 19.2 Å². The van der Waals surface area contributed by atoms with Crippen molar-refractivity contribution in [3.05, 3.63) is 69.9 Å². The number of carbonyl (C=O) groups is 2. The van der Waals surface area contributed by atoms with Gasteiger partial charge >= 0.3 is 0 Å². The van der Waals surface area contributed by atoms with E-state index < -0.39 is 0 Å². The van der Waals surface area contributed by atoms with Gasteiger partial charge in [-0.05, 0) is 49.1 Å². The van der Waals surface area contributed by atoms with Crippen LogP contribution >= 0.6 is 11.6 Å². The van der Waals surface area contributed by atoms with Crippen molar-refractivity contribution < 1.29 is 9.59 Å². The molecule has 2 aromatic carbocycles. The minimum atomic E-state index is -0.219. The quantitative estimate of drug-likeness (QED) is 0.468. The van der Waals surface area contributed by atoms with Gasteiger partial charge in [-0.2, -0.15) is 4.98 Å². The third kappa shape index (κ3) is 4.50. The zero-order valence-electron chi connectivity index (χ0n) is 17.8. The number of amides is 2. The minimum Gasteiger partial charge on any atom is -0.355 e. The molecule has 3 aromatic rings. The zero-order valence-corrected chi connectivity index (χ0v) is 18.5. The average molecular weight is 451 g/mol. The van der Waals surface area contributed by atoms with Crippen LogP contribution in [0.2, 0.25) is 5.02 Å². The molecule has 2 amide bonds. The third-order valence-corrected chi connectivity index (χ3v) is 5.53. The summed E-state index contributed by atoms with van der Waals surface area (Å²) in [5, 5.41) is 12.1. The van der Waals surface area contributed by atoms with E-state index in [-0.39, 0.29) is 11.8 Å². The molecule has 0 radical (unpaired) electrons. The summed E-state index contributed by atoms with van der Waals surface area (Å²) in [5.41, 5.74) is 4.32. The summed E-state index contributed by atoms with van der Waals surface area (Å²) in [6, 6.07) is 11.1. The van der Waals surface area contributed by atoms with Crippen LogP contribution < -0.4 is 21.3 Å². The fourth-order valence-electron chi connectivity index (χ4n) is 3.58. The Kier molecular flexibility index (Phi) is 6.23. The maximum absolute atomic E-state index is 12.3. The van der Waals surface area contributed by atoms with Crippen LogP contribution in [0.1, 0.15) is 38.3 Å². The molecule has 1 aromatic heterocycles. The standard InChI is InChI=1S/C23H23ClN6O2/c1-13-5-3-7-16(21(31)25-2)19(13)29-20-18(24)12-27-23(30-20)28-15-9-8-14-6-4-10-26-22(32)17(14)11-15/h3,5,7-9,11-12H,4,6,10H2,1-2H3,(H,25,31)(H,26,32)(H2,27,28,29,30). The van der Waals surface area contributed by atoms with Crippen LogP contribution in [0, 0.1) is 6.92 Å². The highest BCUT2D eigenvalue weighted by Crippen LogP contribution is 2.29. The normalized spacial score (nSPS) is 12.9. The predicted molar refractivity (Wildman–Crippen MR) is 125 cm³/mol. The maximum atomic E-state index is 12.3. The van der Waals surface area contributed by atoms with Crippen molar-refractivity contribution in [1.82, 2.24) is 20.6 Å². The highest BCUT2D eigenvalue weighted by Gasteiger charge is 2.17. The first kappa shape index (κ1) is 21.6. The number of aryl methyl sites for hydroxylation is 2. The van der Waals surface area contributed by atoms with Gasteiger partial charge in [-0.15, -0.1) is 0 Å². The number of para-hydroxylation sites is 1. The van der Waals surface area contributed by atoms with Crippen LogP contribution in [0.3, 0.4) is 0 Å². The number of anilines is 4.